The number of rotatable bonds is 4. The van der Waals surface area contributed by atoms with E-state index >= 15 is 0 Å². The van der Waals surface area contributed by atoms with Gasteiger partial charge in [0.1, 0.15) is 5.82 Å². The number of piperidine rings is 1. The SMILES string of the molecule is CC/C=C(\C)CN1CCN(C)C2(CCN(C(=O)c3ccccc3F)CC2)C1. The average Bonchev–Trinajstić information content (AvgIpc) is 2.65. The Kier molecular flexibility index (Phi) is 6.33. The molecule has 0 saturated carbocycles. The molecule has 27 heavy (non-hydrogen) atoms. The Morgan fingerprint density at radius 1 is 1.19 bits per heavy atom. The zero-order valence-corrected chi connectivity index (χ0v) is 16.9. The van der Waals surface area contributed by atoms with Crippen molar-refractivity contribution in [3.05, 3.63) is 47.3 Å². The third-order valence-electron chi connectivity index (χ3n) is 6.19. The molecule has 0 bridgehead atoms. The maximum absolute atomic E-state index is 14.0. The van der Waals surface area contributed by atoms with Crippen LogP contribution in [-0.4, -0.2) is 72.5 Å². The van der Waals surface area contributed by atoms with Crippen molar-refractivity contribution in [3.63, 3.8) is 0 Å². The van der Waals surface area contributed by atoms with Gasteiger partial charge in [0, 0.05) is 44.8 Å². The fourth-order valence-electron chi connectivity index (χ4n) is 4.52. The highest BCUT2D eigenvalue weighted by molar-refractivity contribution is 5.94. The van der Waals surface area contributed by atoms with Crippen molar-refractivity contribution < 1.29 is 9.18 Å². The Bertz CT molecular complexity index is 695. The second-order valence-corrected chi connectivity index (χ2v) is 8.09. The fourth-order valence-corrected chi connectivity index (χ4v) is 4.52. The van der Waals surface area contributed by atoms with Crippen LogP contribution >= 0.6 is 0 Å². The van der Waals surface area contributed by atoms with Crippen molar-refractivity contribution in [3.8, 4) is 0 Å². The van der Waals surface area contributed by atoms with Crippen LogP contribution in [0.2, 0.25) is 0 Å². The monoisotopic (exact) mass is 373 g/mol. The van der Waals surface area contributed by atoms with Crippen LogP contribution in [0.3, 0.4) is 0 Å². The van der Waals surface area contributed by atoms with Gasteiger partial charge in [-0.1, -0.05) is 30.7 Å². The van der Waals surface area contributed by atoms with Crippen molar-refractivity contribution in [2.45, 2.75) is 38.6 Å². The summed E-state index contributed by atoms with van der Waals surface area (Å²) in [5.74, 6) is -0.609. The van der Waals surface area contributed by atoms with E-state index < -0.39 is 5.82 Å². The summed E-state index contributed by atoms with van der Waals surface area (Å²) in [7, 11) is 2.21. The lowest BCUT2D eigenvalue weighted by atomic mass is 9.83. The molecule has 3 rings (SSSR count). The highest BCUT2D eigenvalue weighted by Crippen LogP contribution is 2.32. The van der Waals surface area contributed by atoms with E-state index in [4.69, 9.17) is 0 Å². The van der Waals surface area contributed by atoms with Crippen LogP contribution < -0.4 is 0 Å². The van der Waals surface area contributed by atoms with Gasteiger partial charge in [-0.3, -0.25) is 14.6 Å². The molecule has 4 nitrogen and oxygen atoms in total. The summed E-state index contributed by atoms with van der Waals surface area (Å²) in [6, 6.07) is 6.29. The summed E-state index contributed by atoms with van der Waals surface area (Å²) in [5.41, 5.74) is 1.74. The Hall–Kier alpha value is -1.72. The molecule has 0 radical (unpaired) electrons. The van der Waals surface area contributed by atoms with Gasteiger partial charge in [-0.05, 0) is 45.4 Å². The molecular weight excluding hydrogens is 341 g/mol. The molecule has 0 aromatic heterocycles. The zero-order chi connectivity index (χ0) is 19.4. The lowest BCUT2D eigenvalue weighted by Crippen LogP contribution is -2.64. The van der Waals surface area contributed by atoms with E-state index in [0.717, 1.165) is 45.4 Å². The van der Waals surface area contributed by atoms with Crippen LogP contribution in [0.25, 0.3) is 0 Å². The van der Waals surface area contributed by atoms with Gasteiger partial charge in [0.05, 0.1) is 5.56 Å². The van der Waals surface area contributed by atoms with E-state index in [2.05, 4.69) is 36.8 Å². The molecule has 2 fully saturated rings. The molecular formula is C22H32FN3O. The number of amides is 1. The van der Waals surface area contributed by atoms with Gasteiger partial charge in [0.2, 0.25) is 0 Å². The number of carbonyl (C=O) groups excluding carboxylic acids is 1. The topological polar surface area (TPSA) is 26.8 Å². The minimum atomic E-state index is -0.429. The highest BCUT2D eigenvalue weighted by Gasteiger charge is 2.43. The molecule has 148 valence electrons. The lowest BCUT2D eigenvalue weighted by Gasteiger charge is -2.53. The van der Waals surface area contributed by atoms with Gasteiger partial charge in [-0.2, -0.15) is 0 Å². The molecule has 0 aliphatic carbocycles. The molecule has 5 heteroatoms. The predicted octanol–water partition coefficient (Wildman–Crippen LogP) is 3.40. The van der Waals surface area contributed by atoms with Crippen LogP contribution in [0.4, 0.5) is 4.39 Å². The third kappa shape index (κ3) is 4.41. The number of nitrogens with zero attached hydrogens (tertiary/aromatic N) is 3. The number of carbonyl (C=O) groups is 1. The van der Waals surface area contributed by atoms with E-state index in [0.29, 0.717) is 13.1 Å². The van der Waals surface area contributed by atoms with E-state index in [-0.39, 0.29) is 17.0 Å². The molecule has 0 N–H and O–H groups in total. The minimum absolute atomic E-state index is 0.122. The van der Waals surface area contributed by atoms with Crippen LogP contribution in [-0.2, 0) is 0 Å². The Labute approximate surface area is 162 Å². The normalized spacial score (nSPS) is 21.6. The molecule has 1 aromatic carbocycles. The number of hydrogen-bond acceptors (Lipinski definition) is 3. The number of likely N-dealkylation sites (N-methyl/N-ethyl adjacent to an activating group) is 1. The maximum atomic E-state index is 14.0. The first-order valence-electron chi connectivity index (χ1n) is 10.1. The first-order chi connectivity index (χ1) is 12.9. The van der Waals surface area contributed by atoms with Crippen molar-refractivity contribution in [1.29, 1.82) is 0 Å². The van der Waals surface area contributed by atoms with Crippen molar-refractivity contribution in [2.75, 3.05) is 46.3 Å². The first-order valence-corrected chi connectivity index (χ1v) is 10.1. The van der Waals surface area contributed by atoms with Crippen LogP contribution in [0, 0.1) is 5.82 Å². The highest BCUT2D eigenvalue weighted by atomic mass is 19.1. The number of piperazine rings is 1. The average molecular weight is 374 g/mol. The van der Waals surface area contributed by atoms with Gasteiger partial charge in [0.15, 0.2) is 0 Å². The summed E-state index contributed by atoms with van der Waals surface area (Å²) >= 11 is 0. The van der Waals surface area contributed by atoms with Crippen LogP contribution in [0.1, 0.15) is 43.5 Å². The van der Waals surface area contributed by atoms with Crippen molar-refractivity contribution >= 4 is 5.91 Å². The molecule has 2 aliphatic heterocycles. The van der Waals surface area contributed by atoms with Gasteiger partial charge in [-0.25, -0.2) is 4.39 Å². The Balaban J connectivity index is 1.64. The summed E-state index contributed by atoms with van der Waals surface area (Å²) in [4.78, 5) is 19.6. The largest absolute Gasteiger partial charge is 0.338 e. The summed E-state index contributed by atoms with van der Waals surface area (Å²) in [6.07, 6.45) is 5.27. The minimum Gasteiger partial charge on any atom is -0.338 e. The van der Waals surface area contributed by atoms with E-state index in [1.54, 1.807) is 18.2 Å². The number of halogens is 1. The lowest BCUT2D eigenvalue weighted by molar-refractivity contribution is -0.0209. The van der Waals surface area contributed by atoms with E-state index in [1.807, 2.05) is 4.90 Å². The standard InChI is InChI=1S/C22H32FN3O/c1-4-7-18(2)16-25-15-14-24(3)22(17-25)10-12-26(13-11-22)21(27)19-8-5-6-9-20(19)23/h5-9H,4,10-17H2,1-3H3/b18-7+. The molecule has 1 amide bonds. The third-order valence-corrected chi connectivity index (χ3v) is 6.19. The zero-order valence-electron chi connectivity index (χ0n) is 16.9. The Morgan fingerprint density at radius 3 is 2.56 bits per heavy atom. The summed E-state index contributed by atoms with van der Waals surface area (Å²) < 4.78 is 14.0. The van der Waals surface area contributed by atoms with Crippen molar-refractivity contribution in [2.24, 2.45) is 0 Å². The second-order valence-electron chi connectivity index (χ2n) is 8.09. The molecule has 2 aliphatic rings. The second kappa shape index (κ2) is 8.53. The smallest absolute Gasteiger partial charge is 0.256 e. The maximum Gasteiger partial charge on any atom is 0.256 e. The molecule has 0 atom stereocenters. The van der Waals surface area contributed by atoms with Crippen molar-refractivity contribution in [1.82, 2.24) is 14.7 Å². The molecule has 2 heterocycles. The molecule has 0 unspecified atom stereocenters. The van der Waals surface area contributed by atoms with E-state index in [9.17, 15) is 9.18 Å². The fraction of sp³-hybridized carbons (Fsp3) is 0.591. The molecule has 2 saturated heterocycles. The number of benzene rings is 1. The van der Waals surface area contributed by atoms with E-state index in [1.165, 1.54) is 11.6 Å². The van der Waals surface area contributed by atoms with Gasteiger partial charge < -0.3 is 4.90 Å². The summed E-state index contributed by atoms with van der Waals surface area (Å²) in [5, 5.41) is 0. The molecule has 1 aromatic rings. The molecule has 1 spiro atoms. The van der Waals surface area contributed by atoms with Gasteiger partial charge in [0.25, 0.3) is 5.91 Å². The van der Waals surface area contributed by atoms with Gasteiger partial charge >= 0.3 is 0 Å². The number of hydrogen-bond donors (Lipinski definition) is 0. The quantitative estimate of drug-likeness (QED) is 0.757. The van der Waals surface area contributed by atoms with Crippen LogP contribution in [0.5, 0.6) is 0 Å². The Morgan fingerprint density at radius 2 is 1.89 bits per heavy atom. The van der Waals surface area contributed by atoms with Crippen LogP contribution in [0.15, 0.2) is 35.9 Å². The number of allylic oxidation sites excluding steroid dienone is 1. The first kappa shape index (κ1) is 20.0. The number of likely N-dealkylation sites (tertiary alicyclic amines) is 1. The van der Waals surface area contributed by atoms with Gasteiger partial charge in [-0.15, -0.1) is 0 Å². The summed E-state index contributed by atoms with van der Waals surface area (Å²) in [6.45, 7) is 9.98. The predicted molar refractivity (Wildman–Crippen MR) is 107 cm³/mol.